The van der Waals surface area contributed by atoms with E-state index in [-0.39, 0.29) is 29.9 Å². The number of hydrogen-bond donors (Lipinski definition) is 3. The molecule has 0 spiro atoms. The molecule has 0 aromatic heterocycles. The summed E-state index contributed by atoms with van der Waals surface area (Å²) in [6.45, 7) is 5.51. The Bertz CT molecular complexity index is 985. The maximum Gasteiger partial charge on any atom is 0.251 e. The van der Waals surface area contributed by atoms with Gasteiger partial charge >= 0.3 is 0 Å². The van der Waals surface area contributed by atoms with Crippen LogP contribution >= 0.6 is 0 Å². The topological polar surface area (TPSA) is 82.7 Å². The molecule has 0 bridgehead atoms. The molecule has 2 amide bonds. The molecule has 0 saturated carbocycles. The number of amides is 2. The standard InChI is InChI=1S/C25H32N4O3/c1-16-7-8-18(13-17(16)2)22-15-23(28-27-22)25(31)29-11-9-20(10-12-29)26-24(30)19-5-4-6-21(14-19)32-3/h4-8,13-14,20,22-23,27-28H,9-12,15H2,1-3H3,(H,26,30). The molecule has 170 valence electrons. The van der Waals surface area contributed by atoms with Crippen molar-refractivity contribution in [1.82, 2.24) is 21.1 Å². The molecule has 0 radical (unpaired) electrons. The Morgan fingerprint density at radius 3 is 2.53 bits per heavy atom. The van der Waals surface area contributed by atoms with Crippen LogP contribution in [0.4, 0.5) is 0 Å². The average Bonchev–Trinajstić information content (AvgIpc) is 3.31. The van der Waals surface area contributed by atoms with E-state index in [1.54, 1.807) is 19.2 Å². The van der Waals surface area contributed by atoms with Gasteiger partial charge in [-0.25, -0.2) is 10.9 Å². The number of benzene rings is 2. The molecular weight excluding hydrogens is 404 g/mol. The monoisotopic (exact) mass is 436 g/mol. The number of aryl methyl sites for hydroxylation is 2. The third-order valence-corrected chi connectivity index (χ3v) is 6.61. The molecule has 2 unspecified atom stereocenters. The van der Waals surface area contributed by atoms with Crippen LogP contribution < -0.4 is 20.9 Å². The van der Waals surface area contributed by atoms with Crippen molar-refractivity contribution in [3.05, 3.63) is 64.7 Å². The largest absolute Gasteiger partial charge is 0.497 e. The minimum atomic E-state index is -0.232. The molecule has 2 fully saturated rings. The minimum absolute atomic E-state index is 0.0655. The molecule has 2 atom stereocenters. The van der Waals surface area contributed by atoms with E-state index >= 15 is 0 Å². The summed E-state index contributed by atoms with van der Waals surface area (Å²) in [4.78, 5) is 27.5. The number of carbonyl (C=O) groups excluding carboxylic acids is 2. The Kier molecular flexibility index (Phi) is 6.77. The van der Waals surface area contributed by atoms with Gasteiger partial charge in [-0.1, -0.05) is 24.3 Å². The maximum atomic E-state index is 13.0. The van der Waals surface area contributed by atoms with Crippen LogP contribution in [0.15, 0.2) is 42.5 Å². The summed E-state index contributed by atoms with van der Waals surface area (Å²) in [5.74, 6) is 0.683. The predicted molar refractivity (Wildman–Crippen MR) is 123 cm³/mol. The molecule has 0 aliphatic carbocycles. The molecule has 4 rings (SSSR count). The fraction of sp³-hybridized carbons (Fsp3) is 0.440. The van der Waals surface area contributed by atoms with Crippen LogP contribution in [-0.4, -0.2) is 49.0 Å². The lowest BCUT2D eigenvalue weighted by atomic mass is 9.97. The van der Waals surface area contributed by atoms with Crippen LogP contribution in [0.1, 0.15) is 52.4 Å². The first-order valence-electron chi connectivity index (χ1n) is 11.3. The van der Waals surface area contributed by atoms with E-state index in [2.05, 4.69) is 48.2 Å². The number of ether oxygens (including phenoxy) is 1. The lowest BCUT2D eigenvalue weighted by molar-refractivity contribution is -0.134. The van der Waals surface area contributed by atoms with Gasteiger partial charge in [0.15, 0.2) is 0 Å². The van der Waals surface area contributed by atoms with Gasteiger partial charge in [0.05, 0.1) is 7.11 Å². The Morgan fingerprint density at radius 2 is 1.81 bits per heavy atom. The minimum Gasteiger partial charge on any atom is -0.497 e. The number of hydrazine groups is 1. The van der Waals surface area contributed by atoms with Crippen molar-refractivity contribution in [2.75, 3.05) is 20.2 Å². The summed E-state index contributed by atoms with van der Waals surface area (Å²) in [5.41, 5.74) is 10.8. The number of piperidine rings is 1. The average molecular weight is 437 g/mol. The Labute approximate surface area is 189 Å². The third-order valence-electron chi connectivity index (χ3n) is 6.61. The summed E-state index contributed by atoms with van der Waals surface area (Å²) in [5, 5.41) is 3.09. The van der Waals surface area contributed by atoms with Crippen molar-refractivity contribution in [3.63, 3.8) is 0 Å². The second kappa shape index (κ2) is 9.71. The van der Waals surface area contributed by atoms with Crippen LogP contribution in [-0.2, 0) is 4.79 Å². The van der Waals surface area contributed by atoms with Crippen molar-refractivity contribution in [2.24, 2.45) is 0 Å². The first kappa shape index (κ1) is 22.3. The normalized spacial score (nSPS) is 21.4. The van der Waals surface area contributed by atoms with E-state index in [9.17, 15) is 9.59 Å². The van der Waals surface area contributed by atoms with Gasteiger partial charge in [-0.3, -0.25) is 9.59 Å². The van der Waals surface area contributed by atoms with Gasteiger partial charge in [-0.15, -0.1) is 0 Å². The van der Waals surface area contributed by atoms with Gasteiger partial charge in [-0.2, -0.15) is 0 Å². The fourth-order valence-corrected chi connectivity index (χ4v) is 4.42. The lowest BCUT2D eigenvalue weighted by Gasteiger charge is -2.33. The van der Waals surface area contributed by atoms with E-state index in [0.717, 1.165) is 19.3 Å². The Morgan fingerprint density at radius 1 is 1.03 bits per heavy atom. The summed E-state index contributed by atoms with van der Waals surface area (Å²) in [6, 6.07) is 13.6. The molecule has 2 saturated heterocycles. The highest BCUT2D eigenvalue weighted by molar-refractivity contribution is 5.94. The number of carbonyl (C=O) groups is 2. The van der Waals surface area contributed by atoms with E-state index in [0.29, 0.717) is 24.4 Å². The highest BCUT2D eigenvalue weighted by Crippen LogP contribution is 2.25. The molecule has 2 heterocycles. The molecular formula is C25H32N4O3. The van der Waals surface area contributed by atoms with Crippen LogP contribution in [0.5, 0.6) is 5.75 Å². The number of likely N-dealkylation sites (tertiary alicyclic amines) is 1. The van der Waals surface area contributed by atoms with Crippen LogP contribution in [0, 0.1) is 13.8 Å². The van der Waals surface area contributed by atoms with E-state index in [4.69, 9.17) is 4.74 Å². The number of rotatable bonds is 5. The SMILES string of the molecule is COc1cccc(C(=O)NC2CCN(C(=O)C3CC(c4ccc(C)c(C)c4)NN3)CC2)c1. The first-order chi connectivity index (χ1) is 15.4. The molecule has 32 heavy (non-hydrogen) atoms. The van der Waals surface area contributed by atoms with E-state index < -0.39 is 0 Å². The van der Waals surface area contributed by atoms with Crippen molar-refractivity contribution in [3.8, 4) is 5.75 Å². The molecule has 2 aromatic rings. The second-order valence-corrected chi connectivity index (χ2v) is 8.78. The second-order valence-electron chi connectivity index (χ2n) is 8.78. The number of nitrogens with one attached hydrogen (secondary N) is 3. The number of nitrogens with zero attached hydrogens (tertiary/aromatic N) is 1. The smallest absolute Gasteiger partial charge is 0.251 e. The molecule has 7 heteroatoms. The summed E-state index contributed by atoms with van der Waals surface area (Å²) >= 11 is 0. The van der Waals surface area contributed by atoms with Crippen molar-refractivity contribution in [2.45, 2.75) is 51.2 Å². The Hall–Kier alpha value is -2.90. The lowest BCUT2D eigenvalue weighted by Crippen LogP contribution is -2.51. The molecule has 2 aliphatic heterocycles. The molecule has 7 nitrogen and oxygen atoms in total. The van der Waals surface area contributed by atoms with Crippen LogP contribution in [0.2, 0.25) is 0 Å². The zero-order valence-corrected chi connectivity index (χ0v) is 19.0. The highest BCUT2D eigenvalue weighted by atomic mass is 16.5. The summed E-state index contributed by atoms with van der Waals surface area (Å²) in [6.07, 6.45) is 2.23. The van der Waals surface area contributed by atoms with Crippen molar-refractivity contribution < 1.29 is 14.3 Å². The maximum absolute atomic E-state index is 13.0. The molecule has 3 N–H and O–H groups in total. The zero-order valence-electron chi connectivity index (χ0n) is 19.0. The third kappa shape index (κ3) is 4.95. The van der Waals surface area contributed by atoms with Gasteiger partial charge in [-0.05, 0) is 68.0 Å². The Balaban J connectivity index is 1.27. The van der Waals surface area contributed by atoms with Gasteiger partial charge in [0.1, 0.15) is 11.8 Å². The van der Waals surface area contributed by atoms with Crippen LogP contribution in [0.3, 0.4) is 0 Å². The van der Waals surface area contributed by atoms with Crippen LogP contribution in [0.25, 0.3) is 0 Å². The van der Waals surface area contributed by atoms with E-state index in [1.165, 1.54) is 16.7 Å². The molecule has 2 aromatic carbocycles. The van der Waals surface area contributed by atoms with E-state index in [1.807, 2.05) is 17.0 Å². The summed E-state index contributed by atoms with van der Waals surface area (Å²) in [7, 11) is 1.59. The van der Waals surface area contributed by atoms with Gasteiger partial charge in [0, 0.05) is 30.7 Å². The van der Waals surface area contributed by atoms with Gasteiger partial charge in [0.2, 0.25) is 5.91 Å². The zero-order chi connectivity index (χ0) is 22.7. The number of methoxy groups -OCH3 is 1. The highest BCUT2D eigenvalue weighted by Gasteiger charge is 2.34. The first-order valence-corrected chi connectivity index (χ1v) is 11.3. The van der Waals surface area contributed by atoms with Gasteiger partial charge < -0.3 is 15.0 Å². The fourth-order valence-electron chi connectivity index (χ4n) is 4.42. The van der Waals surface area contributed by atoms with Crippen molar-refractivity contribution in [1.29, 1.82) is 0 Å². The predicted octanol–water partition coefficient (Wildman–Crippen LogP) is 2.64. The van der Waals surface area contributed by atoms with Crippen molar-refractivity contribution >= 4 is 11.8 Å². The summed E-state index contributed by atoms with van der Waals surface area (Å²) < 4.78 is 5.20. The number of hydrogen-bond acceptors (Lipinski definition) is 5. The quantitative estimate of drug-likeness (QED) is 0.671. The molecule has 2 aliphatic rings. The van der Waals surface area contributed by atoms with Gasteiger partial charge in [0.25, 0.3) is 5.91 Å².